The molecule has 2 aromatic rings. The quantitative estimate of drug-likeness (QED) is 0.905. The standard InChI is InChI=1S/C15H20BrN3O/c1-4-20-13-8-6-5-7-11(13)14(17)15-12(16)9-18-19(15)10(2)3/h5-10,14H,4,17H2,1-3H3. The number of benzene rings is 1. The topological polar surface area (TPSA) is 53.1 Å². The molecule has 0 fully saturated rings. The van der Waals surface area contributed by atoms with E-state index in [0.29, 0.717) is 6.61 Å². The highest BCUT2D eigenvalue weighted by Crippen LogP contribution is 2.33. The van der Waals surface area contributed by atoms with Gasteiger partial charge in [-0.2, -0.15) is 5.10 Å². The summed E-state index contributed by atoms with van der Waals surface area (Å²) in [6.07, 6.45) is 1.79. The number of ether oxygens (including phenoxy) is 1. The Morgan fingerprint density at radius 2 is 2.05 bits per heavy atom. The number of nitrogens with two attached hydrogens (primary N) is 1. The number of hydrogen-bond acceptors (Lipinski definition) is 3. The van der Waals surface area contributed by atoms with Crippen LogP contribution in [0.25, 0.3) is 0 Å². The van der Waals surface area contributed by atoms with Gasteiger partial charge in [0.1, 0.15) is 5.75 Å². The third-order valence-electron chi connectivity index (χ3n) is 3.12. The molecule has 1 atom stereocenters. The van der Waals surface area contributed by atoms with Crippen molar-refractivity contribution in [2.45, 2.75) is 32.9 Å². The average Bonchev–Trinajstić information content (AvgIpc) is 2.81. The molecule has 5 heteroatoms. The largest absolute Gasteiger partial charge is 0.494 e. The van der Waals surface area contributed by atoms with Gasteiger partial charge in [0.05, 0.1) is 29.0 Å². The van der Waals surface area contributed by atoms with Crippen molar-refractivity contribution in [1.29, 1.82) is 0 Å². The van der Waals surface area contributed by atoms with Gasteiger partial charge in [0.2, 0.25) is 0 Å². The average molecular weight is 338 g/mol. The summed E-state index contributed by atoms with van der Waals surface area (Å²) in [5.74, 6) is 0.825. The van der Waals surface area contributed by atoms with Crippen LogP contribution in [0.1, 0.15) is 44.1 Å². The van der Waals surface area contributed by atoms with E-state index >= 15 is 0 Å². The lowest BCUT2D eigenvalue weighted by molar-refractivity contribution is 0.334. The molecule has 20 heavy (non-hydrogen) atoms. The molecule has 4 nitrogen and oxygen atoms in total. The Kier molecular flexibility index (Phi) is 4.83. The molecule has 2 rings (SSSR count). The molecule has 0 aliphatic rings. The fraction of sp³-hybridized carbons (Fsp3) is 0.400. The maximum atomic E-state index is 6.46. The van der Waals surface area contributed by atoms with E-state index in [2.05, 4.69) is 34.9 Å². The van der Waals surface area contributed by atoms with Crippen molar-refractivity contribution in [2.24, 2.45) is 5.73 Å². The summed E-state index contributed by atoms with van der Waals surface area (Å²) < 4.78 is 8.53. The Morgan fingerprint density at radius 3 is 2.70 bits per heavy atom. The van der Waals surface area contributed by atoms with E-state index in [4.69, 9.17) is 10.5 Å². The summed E-state index contributed by atoms with van der Waals surface area (Å²) in [4.78, 5) is 0. The molecule has 1 unspecified atom stereocenters. The van der Waals surface area contributed by atoms with Gasteiger partial charge in [0.15, 0.2) is 0 Å². The molecule has 0 radical (unpaired) electrons. The van der Waals surface area contributed by atoms with E-state index in [1.807, 2.05) is 35.9 Å². The zero-order chi connectivity index (χ0) is 14.7. The highest BCUT2D eigenvalue weighted by atomic mass is 79.9. The maximum absolute atomic E-state index is 6.46. The van der Waals surface area contributed by atoms with Gasteiger partial charge in [-0.1, -0.05) is 18.2 Å². The molecule has 1 aromatic heterocycles. The van der Waals surface area contributed by atoms with Crippen molar-refractivity contribution >= 4 is 15.9 Å². The van der Waals surface area contributed by atoms with E-state index in [9.17, 15) is 0 Å². The third kappa shape index (κ3) is 2.88. The lowest BCUT2D eigenvalue weighted by atomic mass is 10.0. The summed E-state index contributed by atoms with van der Waals surface area (Å²) in [7, 11) is 0. The molecule has 0 spiro atoms. The van der Waals surface area contributed by atoms with Gasteiger partial charge >= 0.3 is 0 Å². The van der Waals surface area contributed by atoms with Gasteiger partial charge in [-0.05, 0) is 42.8 Å². The van der Waals surface area contributed by atoms with Crippen LogP contribution in [0.3, 0.4) is 0 Å². The molecule has 1 aromatic carbocycles. The van der Waals surface area contributed by atoms with E-state index in [1.165, 1.54) is 0 Å². The molecule has 0 saturated heterocycles. The molecule has 0 saturated carbocycles. The number of nitrogens with zero attached hydrogens (tertiary/aromatic N) is 2. The Labute approximate surface area is 128 Å². The highest BCUT2D eigenvalue weighted by molar-refractivity contribution is 9.10. The van der Waals surface area contributed by atoms with Crippen LogP contribution in [0.2, 0.25) is 0 Å². The summed E-state index contributed by atoms with van der Waals surface area (Å²) in [5, 5.41) is 4.39. The molecule has 0 amide bonds. The minimum Gasteiger partial charge on any atom is -0.494 e. The number of para-hydroxylation sites is 1. The molecular formula is C15H20BrN3O. The van der Waals surface area contributed by atoms with Crippen LogP contribution in [0.15, 0.2) is 34.9 Å². The van der Waals surface area contributed by atoms with Crippen molar-refractivity contribution in [3.05, 3.63) is 46.2 Å². The van der Waals surface area contributed by atoms with Crippen LogP contribution in [-0.2, 0) is 0 Å². The summed E-state index contributed by atoms with van der Waals surface area (Å²) in [6.45, 7) is 6.76. The van der Waals surface area contributed by atoms with Crippen molar-refractivity contribution in [2.75, 3.05) is 6.61 Å². The van der Waals surface area contributed by atoms with Gasteiger partial charge in [0.25, 0.3) is 0 Å². The van der Waals surface area contributed by atoms with E-state index in [0.717, 1.165) is 21.5 Å². The number of hydrogen-bond donors (Lipinski definition) is 1. The second-order valence-electron chi connectivity index (χ2n) is 4.86. The first kappa shape index (κ1) is 15.1. The Balaban J connectivity index is 2.46. The van der Waals surface area contributed by atoms with Crippen LogP contribution in [-0.4, -0.2) is 16.4 Å². The van der Waals surface area contributed by atoms with Crippen LogP contribution in [0, 0.1) is 0 Å². The molecular weight excluding hydrogens is 318 g/mol. The fourth-order valence-electron chi connectivity index (χ4n) is 2.22. The molecule has 0 aliphatic heterocycles. The molecule has 0 bridgehead atoms. The summed E-state index contributed by atoms with van der Waals surface area (Å²) in [5.41, 5.74) is 8.40. The van der Waals surface area contributed by atoms with Crippen LogP contribution >= 0.6 is 15.9 Å². The summed E-state index contributed by atoms with van der Waals surface area (Å²) >= 11 is 3.54. The molecule has 0 aliphatic carbocycles. The van der Waals surface area contributed by atoms with Crippen LogP contribution < -0.4 is 10.5 Å². The van der Waals surface area contributed by atoms with E-state index in [-0.39, 0.29) is 12.1 Å². The summed E-state index contributed by atoms with van der Waals surface area (Å²) in [6, 6.07) is 7.85. The van der Waals surface area contributed by atoms with Crippen LogP contribution in [0.4, 0.5) is 0 Å². The second-order valence-corrected chi connectivity index (χ2v) is 5.72. The predicted molar refractivity (Wildman–Crippen MR) is 84.0 cm³/mol. The Bertz CT molecular complexity index is 580. The molecule has 108 valence electrons. The normalized spacial score (nSPS) is 12.7. The Hall–Kier alpha value is -1.33. The lowest BCUT2D eigenvalue weighted by Gasteiger charge is -2.20. The first-order chi connectivity index (χ1) is 9.56. The zero-order valence-corrected chi connectivity index (χ0v) is 13.6. The minimum absolute atomic E-state index is 0.251. The number of halogens is 1. The lowest BCUT2D eigenvalue weighted by Crippen LogP contribution is -2.20. The second kappa shape index (κ2) is 6.41. The van der Waals surface area contributed by atoms with Gasteiger partial charge in [0, 0.05) is 11.6 Å². The van der Waals surface area contributed by atoms with Gasteiger partial charge < -0.3 is 10.5 Å². The number of rotatable bonds is 5. The molecule has 1 heterocycles. The van der Waals surface area contributed by atoms with Crippen LogP contribution in [0.5, 0.6) is 5.75 Å². The maximum Gasteiger partial charge on any atom is 0.124 e. The zero-order valence-electron chi connectivity index (χ0n) is 12.0. The minimum atomic E-state index is -0.281. The van der Waals surface area contributed by atoms with Crippen molar-refractivity contribution in [1.82, 2.24) is 9.78 Å². The van der Waals surface area contributed by atoms with E-state index in [1.54, 1.807) is 6.20 Å². The third-order valence-corrected chi connectivity index (χ3v) is 3.74. The SMILES string of the molecule is CCOc1ccccc1C(N)c1c(Br)cnn1C(C)C. The van der Waals surface area contributed by atoms with Gasteiger partial charge in [-0.15, -0.1) is 0 Å². The fourth-order valence-corrected chi connectivity index (χ4v) is 2.74. The van der Waals surface area contributed by atoms with Crippen molar-refractivity contribution in [3.63, 3.8) is 0 Å². The first-order valence-electron chi connectivity index (χ1n) is 6.76. The first-order valence-corrected chi connectivity index (χ1v) is 7.55. The van der Waals surface area contributed by atoms with E-state index < -0.39 is 0 Å². The van der Waals surface area contributed by atoms with Gasteiger partial charge in [-0.3, -0.25) is 4.68 Å². The monoisotopic (exact) mass is 337 g/mol. The van der Waals surface area contributed by atoms with Gasteiger partial charge in [-0.25, -0.2) is 0 Å². The molecule has 2 N–H and O–H groups in total. The smallest absolute Gasteiger partial charge is 0.124 e. The number of aromatic nitrogens is 2. The van der Waals surface area contributed by atoms with Crippen molar-refractivity contribution < 1.29 is 4.74 Å². The highest BCUT2D eigenvalue weighted by Gasteiger charge is 2.22. The Morgan fingerprint density at radius 1 is 1.35 bits per heavy atom. The van der Waals surface area contributed by atoms with Crippen molar-refractivity contribution in [3.8, 4) is 5.75 Å². The predicted octanol–water partition coefficient (Wildman–Crippen LogP) is 3.67.